The number of aliphatic carboxylic acids is 4. The Morgan fingerprint density at radius 3 is 0.950 bits per heavy atom. The summed E-state index contributed by atoms with van der Waals surface area (Å²) in [6, 6.07) is -2.58. The Morgan fingerprint density at radius 2 is 0.900 bits per heavy atom. The molecule has 120 valence electrons. The summed E-state index contributed by atoms with van der Waals surface area (Å²) >= 11 is 0. The van der Waals surface area contributed by atoms with Crippen LogP contribution in [0.5, 0.6) is 0 Å². The normalized spacial score (nSPS) is 11.3. The molecule has 12 heteroatoms. The second-order valence-corrected chi connectivity index (χ2v) is 3.09. The van der Waals surface area contributed by atoms with Gasteiger partial charge in [-0.05, 0) is 0 Å². The van der Waals surface area contributed by atoms with Crippen LogP contribution in [0.2, 0.25) is 0 Å². The molecule has 0 heterocycles. The fourth-order valence-electron chi connectivity index (χ4n) is 0.551. The van der Waals surface area contributed by atoms with E-state index in [1.54, 1.807) is 0 Å². The van der Waals surface area contributed by atoms with Crippen molar-refractivity contribution in [3.8, 4) is 0 Å². The van der Waals surface area contributed by atoms with Gasteiger partial charge in [-0.3, -0.25) is 19.2 Å². The molecule has 0 rings (SSSR count). The zero-order valence-corrected chi connectivity index (χ0v) is 12.1. The van der Waals surface area contributed by atoms with Gasteiger partial charge in [0, 0.05) is 34.1 Å². The topological polar surface area (TPSA) is 201 Å². The van der Waals surface area contributed by atoms with Gasteiger partial charge in [-0.2, -0.15) is 0 Å². The van der Waals surface area contributed by atoms with Gasteiger partial charge in [0.05, 0.1) is 12.8 Å². The van der Waals surface area contributed by atoms with E-state index in [0.717, 1.165) is 0 Å². The van der Waals surface area contributed by atoms with Crippen molar-refractivity contribution >= 4 is 23.9 Å². The van der Waals surface area contributed by atoms with Crippen LogP contribution in [0.4, 0.5) is 0 Å². The smallest absolute Gasteiger partial charge is 0.321 e. The number of hydrogen-bond acceptors (Lipinski definition) is 6. The molecule has 0 aliphatic carbocycles. The van der Waals surface area contributed by atoms with Crippen molar-refractivity contribution in [1.29, 1.82) is 0 Å². The fraction of sp³-hybridized carbons (Fsp3) is 0.500. The Kier molecular flexibility index (Phi) is 19.4. The molecule has 0 aromatic heterocycles. The summed E-state index contributed by atoms with van der Waals surface area (Å²) in [6.07, 6.45) is -1.06. The van der Waals surface area contributed by atoms with E-state index in [1.165, 1.54) is 0 Å². The maximum atomic E-state index is 9.85. The molecule has 0 aliphatic rings. The number of nitrogens with two attached hydrogens (primary N) is 2. The summed E-state index contributed by atoms with van der Waals surface area (Å²) in [4.78, 5) is 39.2. The van der Waals surface area contributed by atoms with Crippen molar-refractivity contribution in [3.63, 3.8) is 0 Å². The summed E-state index contributed by atoms with van der Waals surface area (Å²) in [5.41, 5.74) is 9.67. The van der Waals surface area contributed by atoms with Crippen molar-refractivity contribution < 1.29 is 73.7 Å². The molecule has 0 bridgehead atoms. The van der Waals surface area contributed by atoms with Gasteiger partial charge in [-0.1, -0.05) is 0 Å². The Morgan fingerprint density at radius 1 is 0.700 bits per heavy atom. The number of carboxylic acids is 4. The van der Waals surface area contributed by atoms with Crippen LogP contribution in [0.15, 0.2) is 0 Å². The quantitative estimate of drug-likeness (QED) is 0.274. The van der Waals surface area contributed by atoms with Crippen LogP contribution in [0.1, 0.15) is 12.8 Å². The van der Waals surface area contributed by atoms with Gasteiger partial charge >= 0.3 is 23.9 Å². The molecule has 0 fully saturated rings. The Labute approximate surface area is 134 Å². The maximum Gasteiger partial charge on any atom is 0.321 e. The summed E-state index contributed by atoms with van der Waals surface area (Å²) in [5.74, 6) is -5.00. The van der Waals surface area contributed by atoms with Gasteiger partial charge in [-0.25, -0.2) is 0 Å². The molecule has 0 saturated heterocycles. The van der Waals surface area contributed by atoms with Crippen LogP contribution in [-0.2, 0) is 53.3 Å². The first-order valence-corrected chi connectivity index (χ1v) is 4.48. The molecular weight excluding hydrogens is 364 g/mol. The fourth-order valence-corrected chi connectivity index (χ4v) is 0.551. The SMILES string of the molecule is NC(CC(=O)O)C(=O)O.NC(CC(=O)O)C(=O)O.[Fe].[Fe]. The predicted molar refractivity (Wildman–Crippen MR) is 55.7 cm³/mol. The first-order valence-electron chi connectivity index (χ1n) is 4.48. The number of carbonyl (C=O) groups is 4. The Hall–Kier alpha value is -1.16. The zero-order chi connectivity index (χ0) is 14.9. The maximum absolute atomic E-state index is 9.85. The third-order valence-corrected chi connectivity index (χ3v) is 1.42. The molecule has 20 heavy (non-hydrogen) atoms. The Bertz CT molecular complexity index is 306. The minimum absolute atomic E-state index is 0. The molecule has 0 aliphatic heterocycles. The van der Waals surface area contributed by atoms with Gasteiger partial charge in [0.1, 0.15) is 12.1 Å². The molecule has 0 aromatic rings. The van der Waals surface area contributed by atoms with Crippen molar-refractivity contribution in [2.45, 2.75) is 24.9 Å². The van der Waals surface area contributed by atoms with E-state index in [-0.39, 0.29) is 34.1 Å². The largest absolute Gasteiger partial charge is 0.481 e. The van der Waals surface area contributed by atoms with Crippen molar-refractivity contribution in [1.82, 2.24) is 0 Å². The van der Waals surface area contributed by atoms with Gasteiger partial charge in [0.25, 0.3) is 0 Å². The molecule has 0 radical (unpaired) electrons. The number of carboxylic acid groups (broad SMARTS) is 4. The summed E-state index contributed by atoms with van der Waals surface area (Å²) < 4.78 is 0. The summed E-state index contributed by atoms with van der Waals surface area (Å²) in [6.45, 7) is 0. The molecule has 0 aromatic carbocycles. The van der Waals surface area contributed by atoms with Gasteiger partial charge in [0.2, 0.25) is 0 Å². The molecule has 0 amide bonds. The van der Waals surface area contributed by atoms with Crippen LogP contribution in [0, 0.1) is 0 Å². The van der Waals surface area contributed by atoms with Crippen LogP contribution in [-0.4, -0.2) is 56.4 Å². The predicted octanol–water partition coefficient (Wildman–Crippen LogP) is -2.26. The summed E-state index contributed by atoms with van der Waals surface area (Å²) in [7, 11) is 0. The van der Waals surface area contributed by atoms with E-state index in [9.17, 15) is 19.2 Å². The first kappa shape index (κ1) is 27.2. The monoisotopic (exact) mass is 378 g/mol. The standard InChI is InChI=1S/2C4H7NO4.2Fe/c2*5-2(4(8)9)1-3(6)7;;/h2*2H,1,5H2,(H,6,7)(H,8,9);;. The van der Waals surface area contributed by atoms with Crippen LogP contribution in [0.3, 0.4) is 0 Å². The molecule has 2 atom stereocenters. The van der Waals surface area contributed by atoms with E-state index >= 15 is 0 Å². The first-order chi connectivity index (χ1) is 8.07. The Balaban J connectivity index is -0.000000116. The molecule has 0 spiro atoms. The summed E-state index contributed by atoms with van der Waals surface area (Å²) in [5, 5.41) is 32.1. The molecule has 2 unspecified atom stereocenters. The van der Waals surface area contributed by atoms with E-state index in [1.807, 2.05) is 0 Å². The minimum atomic E-state index is -1.29. The molecule has 10 nitrogen and oxygen atoms in total. The van der Waals surface area contributed by atoms with E-state index in [2.05, 4.69) is 0 Å². The third-order valence-electron chi connectivity index (χ3n) is 1.42. The molecule has 0 saturated carbocycles. The third kappa shape index (κ3) is 19.2. The minimum Gasteiger partial charge on any atom is -0.481 e. The van der Waals surface area contributed by atoms with Crippen molar-refractivity contribution in [2.75, 3.05) is 0 Å². The van der Waals surface area contributed by atoms with Crippen molar-refractivity contribution in [2.24, 2.45) is 11.5 Å². The van der Waals surface area contributed by atoms with Gasteiger partial charge in [-0.15, -0.1) is 0 Å². The second kappa shape index (κ2) is 14.3. The van der Waals surface area contributed by atoms with Gasteiger partial charge < -0.3 is 31.9 Å². The van der Waals surface area contributed by atoms with Gasteiger partial charge in [0.15, 0.2) is 0 Å². The second-order valence-electron chi connectivity index (χ2n) is 3.09. The average Bonchev–Trinajstić information content (AvgIpc) is 2.16. The van der Waals surface area contributed by atoms with Crippen LogP contribution >= 0.6 is 0 Å². The van der Waals surface area contributed by atoms with E-state index < -0.39 is 48.8 Å². The van der Waals surface area contributed by atoms with Crippen LogP contribution in [0.25, 0.3) is 0 Å². The van der Waals surface area contributed by atoms with Crippen LogP contribution < -0.4 is 11.5 Å². The number of hydrogen-bond donors (Lipinski definition) is 6. The average molecular weight is 378 g/mol. The van der Waals surface area contributed by atoms with E-state index in [4.69, 9.17) is 31.9 Å². The molecule has 8 N–H and O–H groups in total. The van der Waals surface area contributed by atoms with Crippen molar-refractivity contribution in [3.05, 3.63) is 0 Å². The molecular formula is C8H14Fe2N2O8. The van der Waals surface area contributed by atoms with E-state index in [0.29, 0.717) is 0 Å². The number of rotatable bonds is 6. The zero-order valence-electron chi connectivity index (χ0n) is 9.85.